The first-order chi connectivity index (χ1) is 11.7. The molecule has 1 N–H and O–H groups in total. The average molecular weight is 355 g/mol. The number of anilines is 1. The minimum Gasteiger partial charge on any atom is -0.468 e. The summed E-state index contributed by atoms with van der Waals surface area (Å²) in [5.74, 6) is -0.769. The second kappa shape index (κ2) is 7.60. The van der Waals surface area contributed by atoms with Crippen LogP contribution in [0.1, 0.15) is 5.56 Å². The van der Waals surface area contributed by atoms with Crippen LogP contribution in [0.3, 0.4) is 0 Å². The summed E-state index contributed by atoms with van der Waals surface area (Å²) in [4.78, 5) is 25.9. The molecule has 0 atom stereocenters. The highest BCUT2D eigenvalue weighted by molar-refractivity contribution is 5.92. The number of amides is 1. The lowest BCUT2D eigenvalue weighted by atomic mass is 10.1. The molecular weight excluding hydrogens is 343 g/mol. The highest BCUT2D eigenvalue weighted by atomic mass is 19.4. The number of ether oxygens (including phenoxy) is 1. The van der Waals surface area contributed by atoms with Crippen LogP contribution in [0.25, 0.3) is 0 Å². The zero-order chi connectivity index (χ0) is 18.4. The Kier molecular flexibility index (Phi) is 5.52. The molecular formula is C15H12F3N3O4. The minimum atomic E-state index is -4.47. The van der Waals surface area contributed by atoms with Gasteiger partial charge in [-0.05, 0) is 6.07 Å². The lowest BCUT2D eigenvalue weighted by molar-refractivity contribution is -0.385. The summed E-state index contributed by atoms with van der Waals surface area (Å²) in [6, 6.07) is 8.30. The first-order valence-electron chi connectivity index (χ1n) is 6.92. The summed E-state index contributed by atoms with van der Waals surface area (Å²) < 4.78 is 40.5. The van der Waals surface area contributed by atoms with Crippen LogP contribution < -0.4 is 10.1 Å². The van der Waals surface area contributed by atoms with Crippen molar-refractivity contribution in [2.45, 2.75) is 12.6 Å². The Balaban J connectivity index is 1.96. The molecule has 2 aromatic rings. The van der Waals surface area contributed by atoms with Gasteiger partial charge in [-0.25, -0.2) is 4.98 Å². The molecule has 1 aromatic carbocycles. The Morgan fingerprint density at radius 2 is 1.96 bits per heavy atom. The topological polar surface area (TPSA) is 94.4 Å². The first kappa shape index (κ1) is 18.2. The van der Waals surface area contributed by atoms with Gasteiger partial charge in [0.25, 0.3) is 5.69 Å². The molecule has 10 heteroatoms. The van der Waals surface area contributed by atoms with Crippen molar-refractivity contribution in [2.75, 3.05) is 11.9 Å². The number of para-hydroxylation sites is 1. The van der Waals surface area contributed by atoms with Crippen LogP contribution in [0.4, 0.5) is 24.5 Å². The highest BCUT2D eigenvalue weighted by Gasteiger charge is 2.28. The number of hydrogen-bond donors (Lipinski definition) is 1. The lowest BCUT2D eigenvalue weighted by Gasteiger charge is -2.09. The van der Waals surface area contributed by atoms with E-state index in [9.17, 15) is 28.1 Å². The Bertz CT molecular complexity index is 763. The predicted molar refractivity (Wildman–Crippen MR) is 81.2 cm³/mol. The number of benzene rings is 1. The Morgan fingerprint density at radius 1 is 1.24 bits per heavy atom. The molecule has 0 radical (unpaired) electrons. The van der Waals surface area contributed by atoms with Crippen molar-refractivity contribution in [3.8, 4) is 5.88 Å². The molecule has 1 amide bonds. The summed E-state index contributed by atoms with van der Waals surface area (Å²) in [7, 11) is 0. The van der Waals surface area contributed by atoms with E-state index in [1.165, 1.54) is 30.3 Å². The molecule has 132 valence electrons. The number of nitro groups is 1. The molecule has 0 unspecified atom stereocenters. The fourth-order valence-corrected chi connectivity index (χ4v) is 1.91. The van der Waals surface area contributed by atoms with E-state index < -0.39 is 23.6 Å². The summed E-state index contributed by atoms with van der Waals surface area (Å²) >= 11 is 0. The largest absolute Gasteiger partial charge is 0.468 e. The van der Waals surface area contributed by atoms with E-state index in [1.54, 1.807) is 6.07 Å². The fraction of sp³-hybridized carbons (Fsp3) is 0.200. The number of halogens is 3. The third kappa shape index (κ3) is 5.75. The standard InChI is InChI=1S/C15H12F3N3O4/c16-15(17,18)9-25-14-6-5-11(8-19-14)20-13(22)7-10-3-1-2-4-12(10)21(23)24/h1-6,8H,7,9H2,(H,20,22). The van der Waals surface area contributed by atoms with Gasteiger partial charge in [0.1, 0.15) is 0 Å². The number of aromatic nitrogens is 1. The zero-order valence-electron chi connectivity index (χ0n) is 12.6. The van der Waals surface area contributed by atoms with Gasteiger partial charge in [-0.2, -0.15) is 13.2 Å². The van der Waals surface area contributed by atoms with Crippen molar-refractivity contribution >= 4 is 17.3 Å². The van der Waals surface area contributed by atoms with E-state index in [0.717, 1.165) is 6.20 Å². The Labute approximate surface area is 139 Å². The van der Waals surface area contributed by atoms with Gasteiger partial charge in [-0.15, -0.1) is 0 Å². The third-order valence-electron chi connectivity index (χ3n) is 2.94. The summed E-state index contributed by atoms with van der Waals surface area (Å²) in [6.07, 6.45) is -3.58. The van der Waals surface area contributed by atoms with Gasteiger partial charge >= 0.3 is 6.18 Å². The number of carbonyl (C=O) groups is 1. The number of alkyl halides is 3. The van der Waals surface area contributed by atoms with Gasteiger partial charge in [0, 0.05) is 17.7 Å². The van der Waals surface area contributed by atoms with Crippen LogP contribution in [0, 0.1) is 10.1 Å². The number of hydrogen-bond acceptors (Lipinski definition) is 5. The second-order valence-corrected chi connectivity index (χ2v) is 4.90. The van der Waals surface area contributed by atoms with Gasteiger partial charge in [0.2, 0.25) is 11.8 Å². The van der Waals surface area contributed by atoms with Crippen LogP contribution in [-0.2, 0) is 11.2 Å². The van der Waals surface area contributed by atoms with Crippen molar-refractivity contribution in [3.63, 3.8) is 0 Å². The van der Waals surface area contributed by atoms with E-state index in [1.807, 2.05) is 0 Å². The van der Waals surface area contributed by atoms with Gasteiger partial charge < -0.3 is 10.1 Å². The van der Waals surface area contributed by atoms with Crippen molar-refractivity contribution in [1.29, 1.82) is 0 Å². The monoisotopic (exact) mass is 355 g/mol. The maximum atomic E-state index is 12.0. The van der Waals surface area contributed by atoms with E-state index in [2.05, 4.69) is 15.0 Å². The maximum absolute atomic E-state index is 12.0. The molecule has 0 aliphatic rings. The second-order valence-electron chi connectivity index (χ2n) is 4.90. The smallest absolute Gasteiger partial charge is 0.422 e. The summed E-state index contributed by atoms with van der Waals surface area (Å²) in [6.45, 7) is -1.47. The molecule has 7 nitrogen and oxygen atoms in total. The van der Waals surface area contributed by atoms with E-state index in [-0.39, 0.29) is 29.2 Å². The molecule has 2 rings (SSSR count). The summed E-state index contributed by atoms with van der Waals surface area (Å²) in [5, 5.41) is 13.4. The average Bonchev–Trinajstić information content (AvgIpc) is 2.53. The van der Waals surface area contributed by atoms with E-state index in [0.29, 0.717) is 0 Å². The van der Waals surface area contributed by atoms with Crippen molar-refractivity contribution in [2.24, 2.45) is 0 Å². The molecule has 0 bridgehead atoms. The van der Waals surface area contributed by atoms with Crippen molar-refractivity contribution < 1.29 is 27.6 Å². The van der Waals surface area contributed by atoms with Crippen LogP contribution >= 0.6 is 0 Å². The Hall–Kier alpha value is -3.17. The van der Waals surface area contributed by atoms with Crippen molar-refractivity contribution in [1.82, 2.24) is 4.98 Å². The van der Waals surface area contributed by atoms with Gasteiger partial charge in [0.15, 0.2) is 6.61 Å². The normalized spacial score (nSPS) is 11.0. The molecule has 1 aromatic heterocycles. The lowest BCUT2D eigenvalue weighted by Crippen LogP contribution is -2.19. The van der Waals surface area contributed by atoms with Crippen LogP contribution in [-0.4, -0.2) is 28.6 Å². The first-order valence-corrected chi connectivity index (χ1v) is 6.92. The highest BCUT2D eigenvalue weighted by Crippen LogP contribution is 2.20. The van der Waals surface area contributed by atoms with Gasteiger partial charge in [0.05, 0.1) is 23.2 Å². The Morgan fingerprint density at radius 3 is 2.56 bits per heavy atom. The minimum absolute atomic E-state index is 0.174. The predicted octanol–water partition coefficient (Wildman–Crippen LogP) is 3.11. The van der Waals surface area contributed by atoms with Crippen LogP contribution in [0.15, 0.2) is 42.6 Å². The SMILES string of the molecule is O=C(Cc1ccccc1[N+](=O)[O-])Nc1ccc(OCC(F)(F)F)nc1. The number of nitrogens with one attached hydrogen (secondary N) is 1. The van der Waals surface area contributed by atoms with Gasteiger partial charge in [-0.1, -0.05) is 18.2 Å². The molecule has 0 spiro atoms. The fourth-order valence-electron chi connectivity index (χ4n) is 1.91. The third-order valence-corrected chi connectivity index (χ3v) is 2.94. The molecule has 0 aliphatic carbocycles. The number of pyridine rings is 1. The molecule has 0 saturated carbocycles. The number of carbonyl (C=O) groups excluding carboxylic acids is 1. The van der Waals surface area contributed by atoms with E-state index >= 15 is 0 Å². The van der Waals surface area contributed by atoms with Gasteiger partial charge in [-0.3, -0.25) is 14.9 Å². The molecule has 0 aliphatic heterocycles. The number of nitro benzene ring substituents is 1. The molecule has 0 fully saturated rings. The van der Waals surface area contributed by atoms with Crippen molar-refractivity contribution in [3.05, 3.63) is 58.3 Å². The number of nitrogens with zero attached hydrogens (tertiary/aromatic N) is 2. The molecule has 0 saturated heterocycles. The zero-order valence-corrected chi connectivity index (χ0v) is 12.6. The number of rotatable bonds is 6. The maximum Gasteiger partial charge on any atom is 0.422 e. The van der Waals surface area contributed by atoms with Crippen LogP contribution in [0.2, 0.25) is 0 Å². The van der Waals surface area contributed by atoms with E-state index in [4.69, 9.17) is 0 Å². The van der Waals surface area contributed by atoms with Crippen LogP contribution in [0.5, 0.6) is 5.88 Å². The quantitative estimate of drug-likeness (QED) is 0.635. The summed E-state index contributed by atoms with van der Waals surface area (Å²) in [5.41, 5.74) is 0.290. The molecule has 1 heterocycles. The molecule has 25 heavy (non-hydrogen) atoms.